The Labute approximate surface area is 172 Å². The van der Waals surface area contributed by atoms with Crippen LogP contribution >= 0.6 is 11.6 Å². The zero-order valence-electron chi connectivity index (χ0n) is 16.0. The van der Waals surface area contributed by atoms with Gasteiger partial charge in [-0.05, 0) is 43.7 Å². The molecule has 2 aromatic heterocycles. The van der Waals surface area contributed by atoms with Gasteiger partial charge in [-0.1, -0.05) is 36.7 Å². The second kappa shape index (κ2) is 8.09. The van der Waals surface area contributed by atoms with Crippen molar-refractivity contribution in [3.8, 4) is 11.3 Å². The van der Waals surface area contributed by atoms with Gasteiger partial charge in [-0.2, -0.15) is 4.98 Å². The highest BCUT2D eigenvalue weighted by molar-refractivity contribution is 6.31. The van der Waals surface area contributed by atoms with Crippen LogP contribution in [0.4, 0.5) is 21.8 Å². The van der Waals surface area contributed by atoms with Gasteiger partial charge < -0.3 is 15.1 Å². The maximum Gasteiger partial charge on any atom is 0.229 e. The lowest BCUT2D eigenvalue weighted by Crippen LogP contribution is -2.16. The van der Waals surface area contributed by atoms with Crippen molar-refractivity contribution in [2.45, 2.75) is 26.3 Å². The van der Waals surface area contributed by atoms with E-state index in [4.69, 9.17) is 16.0 Å². The summed E-state index contributed by atoms with van der Waals surface area (Å²) >= 11 is 5.86. The van der Waals surface area contributed by atoms with E-state index in [2.05, 4.69) is 34.4 Å². The average Bonchev–Trinajstić information content (AvgIpc) is 3.15. The van der Waals surface area contributed by atoms with Crippen molar-refractivity contribution >= 4 is 40.0 Å². The van der Waals surface area contributed by atoms with E-state index in [0.29, 0.717) is 23.2 Å². The van der Waals surface area contributed by atoms with Crippen LogP contribution < -0.4 is 10.6 Å². The predicted molar refractivity (Wildman–Crippen MR) is 115 cm³/mol. The van der Waals surface area contributed by atoms with E-state index < -0.39 is 5.82 Å². The molecule has 0 aliphatic heterocycles. The third-order valence-electron chi connectivity index (χ3n) is 4.65. The van der Waals surface area contributed by atoms with Gasteiger partial charge in [0.25, 0.3) is 0 Å². The minimum Gasteiger partial charge on any atom is -0.456 e. The third-order valence-corrected chi connectivity index (χ3v) is 4.94. The smallest absolute Gasteiger partial charge is 0.229 e. The van der Waals surface area contributed by atoms with Crippen molar-refractivity contribution in [2.24, 2.45) is 0 Å². The Morgan fingerprint density at radius 2 is 2.00 bits per heavy atom. The fourth-order valence-corrected chi connectivity index (χ4v) is 3.07. The van der Waals surface area contributed by atoms with Gasteiger partial charge in [-0.25, -0.2) is 9.37 Å². The number of para-hydroxylation sites is 1. The van der Waals surface area contributed by atoms with E-state index in [0.717, 1.165) is 23.0 Å². The number of halogens is 2. The quantitative estimate of drug-likeness (QED) is 0.373. The highest BCUT2D eigenvalue weighted by Crippen LogP contribution is 2.33. The molecule has 0 aliphatic rings. The zero-order chi connectivity index (χ0) is 20.4. The molecule has 5 nitrogen and oxygen atoms in total. The molecular weight excluding hydrogens is 391 g/mol. The van der Waals surface area contributed by atoms with E-state index >= 15 is 0 Å². The predicted octanol–water partition coefficient (Wildman–Crippen LogP) is 6.64. The molecule has 0 saturated carbocycles. The Hall–Kier alpha value is -3.12. The van der Waals surface area contributed by atoms with Crippen LogP contribution in [-0.4, -0.2) is 16.0 Å². The minimum absolute atomic E-state index is 0.0341. The largest absolute Gasteiger partial charge is 0.456 e. The third kappa shape index (κ3) is 4.17. The summed E-state index contributed by atoms with van der Waals surface area (Å²) < 4.78 is 19.4. The van der Waals surface area contributed by atoms with E-state index in [1.807, 2.05) is 30.3 Å². The lowest BCUT2D eigenvalue weighted by atomic mass is 10.2. The summed E-state index contributed by atoms with van der Waals surface area (Å²) in [6, 6.07) is 14.4. The highest BCUT2D eigenvalue weighted by Gasteiger charge is 2.15. The molecule has 4 aromatic rings. The summed E-state index contributed by atoms with van der Waals surface area (Å²) in [5.74, 6) is 1.24. The first-order chi connectivity index (χ1) is 14.0. The minimum atomic E-state index is -0.475. The molecule has 7 heteroatoms. The number of hydrogen-bond donors (Lipinski definition) is 2. The number of rotatable bonds is 6. The Kier molecular flexibility index (Phi) is 5.36. The summed E-state index contributed by atoms with van der Waals surface area (Å²) in [6.45, 7) is 4.18. The summed E-state index contributed by atoms with van der Waals surface area (Å²) in [5.41, 5.74) is 2.17. The van der Waals surface area contributed by atoms with Gasteiger partial charge in [-0.3, -0.25) is 0 Å². The zero-order valence-corrected chi connectivity index (χ0v) is 16.8. The second-order valence-corrected chi connectivity index (χ2v) is 7.22. The molecule has 148 valence electrons. The number of fused-ring (bicyclic) bond motifs is 1. The number of nitrogens with zero attached hydrogens (tertiary/aromatic N) is 2. The number of aromatic nitrogens is 2. The molecule has 0 spiro atoms. The molecule has 0 aliphatic carbocycles. The fourth-order valence-electron chi connectivity index (χ4n) is 2.89. The average molecular weight is 411 g/mol. The van der Waals surface area contributed by atoms with E-state index in [-0.39, 0.29) is 11.1 Å². The van der Waals surface area contributed by atoms with E-state index in [1.165, 1.54) is 12.1 Å². The number of furan rings is 1. The van der Waals surface area contributed by atoms with E-state index in [1.54, 1.807) is 12.3 Å². The number of anilines is 3. The molecule has 29 heavy (non-hydrogen) atoms. The Balaban J connectivity index is 1.71. The van der Waals surface area contributed by atoms with Crippen molar-refractivity contribution in [3.05, 3.63) is 65.6 Å². The van der Waals surface area contributed by atoms with Crippen LogP contribution in [0.15, 0.2) is 59.1 Å². The first kappa shape index (κ1) is 19.2. The van der Waals surface area contributed by atoms with Gasteiger partial charge in [0, 0.05) is 23.3 Å². The van der Waals surface area contributed by atoms with Crippen LogP contribution in [0.3, 0.4) is 0 Å². The van der Waals surface area contributed by atoms with Gasteiger partial charge in [0.15, 0.2) is 0 Å². The SMILES string of the molecule is CCC(C)Nc1nc(Nc2ccc(F)c(Cl)c2)ncc1-c1cc2ccccc2o1. The summed E-state index contributed by atoms with van der Waals surface area (Å²) in [4.78, 5) is 9.03. The molecule has 2 aromatic carbocycles. The maximum atomic E-state index is 13.4. The maximum absolute atomic E-state index is 13.4. The number of hydrogen-bond acceptors (Lipinski definition) is 5. The molecule has 0 saturated heterocycles. The Morgan fingerprint density at radius 3 is 2.76 bits per heavy atom. The van der Waals surface area contributed by atoms with Gasteiger partial charge in [0.05, 0.1) is 10.6 Å². The molecule has 0 radical (unpaired) electrons. The molecule has 1 unspecified atom stereocenters. The lowest BCUT2D eigenvalue weighted by molar-refractivity contribution is 0.628. The molecular formula is C22H20ClFN4O. The molecule has 2 heterocycles. The lowest BCUT2D eigenvalue weighted by Gasteiger charge is -2.16. The summed E-state index contributed by atoms with van der Waals surface area (Å²) in [6.07, 6.45) is 2.64. The highest BCUT2D eigenvalue weighted by atomic mass is 35.5. The van der Waals surface area contributed by atoms with Crippen molar-refractivity contribution in [1.82, 2.24) is 9.97 Å². The fraction of sp³-hybridized carbons (Fsp3) is 0.182. The second-order valence-electron chi connectivity index (χ2n) is 6.81. The van der Waals surface area contributed by atoms with Gasteiger partial charge in [-0.15, -0.1) is 0 Å². The van der Waals surface area contributed by atoms with Crippen molar-refractivity contribution < 1.29 is 8.81 Å². The molecule has 0 amide bonds. The van der Waals surface area contributed by atoms with Gasteiger partial charge in [0.2, 0.25) is 5.95 Å². The van der Waals surface area contributed by atoms with Crippen LogP contribution in [-0.2, 0) is 0 Å². The topological polar surface area (TPSA) is 63.0 Å². The Morgan fingerprint density at radius 1 is 1.17 bits per heavy atom. The first-order valence-electron chi connectivity index (χ1n) is 9.38. The molecule has 0 bridgehead atoms. The molecule has 0 fully saturated rings. The molecule has 4 rings (SSSR count). The summed E-state index contributed by atoms with van der Waals surface area (Å²) in [7, 11) is 0. The van der Waals surface area contributed by atoms with Crippen LogP contribution in [0, 0.1) is 5.82 Å². The van der Waals surface area contributed by atoms with Crippen molar-refractivity contribution in [2.75, 3.05) is 10.6 Å². The standard InChI is InChI=1S/C22H20ClFN4O/c1-3-13(2)26-21-16(20-10-14-6-4-5-7-19(14)29-20)12-25-22(28-21)27-15-8-9-18(24)17(23)11-15/h4-13H,3H2,1-2H3,(H2,25,26,27,28). The number of benzene rings is 2. The number of nitrogens with one attached hydrogen (secondary N) is 2. The van der Waals surface area contributed by atoms with Gasteiger partial charge >= 0.3 is 0 Å². The van der Waals surface area contributed by atoms with Crippen LogP contribution in [0.25, 0.3) is 22.3 Å². The Bertz CT molecular complexity index is 1130. The van der Waals surface area contributed by atoms with Crippen LogP contribution in [0.5, 0.6) is 0 Å². The first-order valence-corrected chi connectivity index (χ1v) is 9.76. The summed E-state index contributed by atoms with van der Waals surface area (Å²) in [5, 5.41) is 7.53. The van der Waals surface area contributed by atoms with E-state index in [9.17, 15) is 4.39 Å². The normalized spacial score (nSPS) is 12.1. The van der Waals surface area contributed by atoms with Crippen molar-refractivity contribution in [1.29, 1.82) is 0 Å². The van der Waals surface area contributed by atoms with Gasteiger partial charge in [0.1, 0.15) is 23.0 Å². The molecule has 1 atom stereocenters. The van der Waals surface area contributed by atoms with Crippen LogP contribution in [0.2, 0.25) is 5.02 Å². The monoisotopic (exact) mass is 410 g/mol. The van der Waals surface area contributed by atoms with Crippen molar-refractivity contribution in [3.63, 3.8) is 0 Å². The van der Waals surface area contributed by atoms with Crippen LogP contribution in [0.1, 0.15) is 20.3 Å². The molecule has 2 N–H and O–H groups in total.